The van der Waals surface area contributed by atoms with Crippen LogP contribution in [-0.2, 0) is 6.42 Å². The highest BCUT2D eigenvalue weighted by Crippen LogP contribution is 2.26. The highest BCUT2D eigenvalue weighted by atomic mass is 35.5. The van der Waals surface area contributed by atoms with Gasteiger partial charge < -0.3 is 4.42 Å². The van der Waals surface area contributed by atoms with Crippen LogP contribution in [0.3, 0.4) is 0 Å². The number of benzene rings is 1. The molecule has 1 heterocycles. The number of fused-ring (bicyclic) bond motifs is 1. The number of halogens is 1. The Labute approximate surface area is 98.6 Å². The Morgan fingerprint density at radius 3 is 2.75 bits per heavy atom. The molecule has 0 saturated heterocycles. The summed E-state index contributed by atoms with van der Waals surface area (Å²) < 4.78 is 5.69. The van der Waals surface area contributed by atoms with E-state index in [4.69, 9.17) is 16.0 Å². The van der Waals surface area contributed by atoms with E-state index < -0.39 is 0 Å². The van der Waals surface area contributed by atoms with Gasteiger partial charge in [0.2, 0.25) is 5.89 Å². The van der Waals surface area contributed by atoms with Crippen molar-refractivity contribution in [2.75, 3.05) is 0 Å². The van der Waals surface area contributed by atoms with E-state index in [0.717, 1.165) is 34.9 Å². The highest BCUT2D eigenvalue weighted by Gasteiger charge is 2.14. The zero-order valence-electron chi connectivity index (χ0n) is 8.61. The Morgan fingerprint density at radius 2 is 2.00 bits per heavy atom. The lowest BCUT2D eigenvalue weighted by molar-refractivity contribution is 0.560. The first-order chi connectivity index (χ1) is 7.83. The summed E-state index contributed by atoms with van der Waals surface area (Å²) in [6, 6.07) is 7.53. The highest BCUT2D eigenvalue weighted by molar-refractivity contribution is 6.30. The molecule has 3 rings (SSSR count). The first-order valence-electron chi connectivity index (χ1n) is 5.25. The minimum absolute atomic E-state index is 0.674. The molecule has 3 heteroatoms. The van der Waals surface area contributed by atoms with Gasteiger partial charge in [-0.1, -0.05) is 17.7 Å². The summed E-state index contributed by atoms with van der Waals surface area (Å²) in [5, 5.41) is 0.722. The maximum absolute atomic E-state index is 5.84. The SMILES string of the molecule is Clc1ccc(-c2nc3c(o2)C=CCC3)cc1. The summed E-state index contributed by atoms with van der Waals surface area (Å²) in [6.07, 6.45) is 6.10. The molecule has 1 aliphatic carbocycles. The van der Waals surface area contributed by atoms with Crippen LogP contribution >= 0.6 is 11.6 Å². The number of aromatic nitrogens is 1. The third kappa shape index (κ3) is 1.65. The Balaban J connectivity index is 2.04. The van der Waals surface area contributed by atoms with E-state index in [1.165, 1.54) is 0 Å². The third-order valence-corrected chi connectivity index (χ3v) is 2.89. The molecule has 0 bridgehead atoms. The van der Waals surface area contributed by atoms with E-state index in [1.807, 2.05) is 30.3 Å². The van der Waals surface area contributed by atoms with Crippen molar-refractivity contribution in [2.45, 2.75) is 12.8 Å². The zero-order valence-corrected chi connectivity index (χ0v) is 9.37. The molecule has 0 fully saturated rings. The van der Waals surface area contributed by atoms with Gasteiger partial charge in [0.05, 0.1) is 5.69 Å². The summed E-state index contributed by atoms with van der Waals surface area (Å²) >= 11 is 5.84. The van der Waals surface area contributed by atoms with Gasteiger partial charge in [-0.3, -0.25) is 0 Å². The van der Waals surface area contributed by atoms with Crippen LogP contribution in [-0.4, -0.2) is 4.98 Å². The van der Waals surface area contributed by atoms with Gasteiger partial charge in [0.25, 0.3) is 0 Å². The standard InChI is InChI=1S/C13H10ClNO/c14-10-7-5-9(6-8-10)13-15-11-3-1-2-4-12(11)16-13/h2,4-8H,1,3H2. The topological polar surface area (TPSA) is 26.0 Å². The van der Waals surface area contributed by atoms with Gasteiger partial charge in [-0.05, 0) is 43.2 Å². The molecule has 1 aromatic heterocycles. The first-order valence-corrected chi connectivity index (χ1v) is 5.63. The smallest absolute Gasteiger partial charge is 0.226 e. The first kappa shape index (κ1) is 9.67. The van der Waals surface area contributed by atoms with Crippen molar-refractivity contribution in [3.8, 4) is 11.5 Å². The molecule has 0 amide bonds. The number of allylic oxidation sites excluding steroid dienone is 1. The normalized spacial score (nSPS) is 13.8. The molecule has 0 N–H and O–H groups in total. The van der Waals surface area contributed by atoms with Crippen LogP contribution in [0.25, 0.3) is 17.5 Å². The van der Waals surface area contributed by atoms with Crippen LogP contribution in [0.4, 0.5) is 0 Å². The minimum atomic E-state index is 0.674. The number of nitrogens with zero attached hydrogens (tertiary/aromatic N) is 1. The van der Waals surface area contributed by atoms with Crippen molar-refractivity contribution in [2.24, 2.45) is 0 Å². The Bertz CT molecular complexity index is 540. The molecule has 0 radical (unpaired) electrons. The number of aryl methyl sites for hydroxylation is 1. The van der Waals surface area contributed by atoms with Gasteiger partial charge in [0, 0.05) is 10.6 Å². The molecule has 2 aromatic rings. The Kier molecular flexibility index (Phi) is 2.29. The lowest BCUT2D eigenvalue weighted by Gasteiger charge is -1.97. The van der Waals surface area contributed by atoms with Gasteiger partial charge in [-0.15, -0.1) is 0 Å². The van der Waals surface area contributed by atoms with E-state index in [1.54, 1.807) is 0 Å². The Hall–Kier alpha value is -1.54. The van der Waals surface area contributed by atoms with Crippen molar-refractivity contribution in [3.63, 3.8) is 0 Å². The van der Waals surface area contributed by atoms with E-state index in [2.05, 4.69) is 11.1 Å². The van der Waals surface area contributed by atoms with Crippen molar-refractivity contribution >= 4 is 17.7 Å². The summed E-state index contributed by atoms with van der Waals surface area (Å²) in [5.41, 5.74) is 2.01. The van der Waals surface area contributed by atoms with Gasteiger partial charge in [0.15, 0.2) is 5.76 Å². The minimum Gasteiger partial charge on any atom is -0.436 e. The number of hydrogen-bond donors (Lipinski definition) is 0. The Morgan fingerprint density at radius 1 is 1.19 bits per heavy atom. The van der Waals surface area contributed by atoms with E-state index in [0.29, 0.717) is 5.89 Å². The van der Waals surface area contributed by atoms with E-state index in [-0.39, 0.29) is 0 Å². The summed E-state index contributed by atoms with van der Waals surface area (Å²) in [6.45, 7) is 0. The number of rotatable bonds is 1. The van der Waals surface area contributed by atoms with Crippen molar-refractivity contribution in [3.05, 3.63) is 46.8 Å². The fourth-order valence-corrected chi connectivity index (χ4v) is 1.93. The van der Waals surface area contributed by atoms with Crippen molar-refractivity contribution in [1.82, 2.24) is 4.98 Å². The molecule has 2 nitrogen and oxygen atoms in total. The molecule has 0 atom stereocenters. The van der Waals surface area contributed by atoms with Gasteiger partial charge in [0.1, 0.15) is 0 Å². The molecule has 0 spiro atoms. The van der Waals surface area contributed by atoms with Crippen molar-refractivity contribution < 1.29 is 4.42 Å². The largest absolute Gasteiger partial charge is 0.436 e. The van der Waals surface area contributed by atoms with Crippen LogP contribution < -0.4 is 0 Å². The second kappa shape index (κ2) is 3.80. The van der Waals surface area contributed by atoms with Crippen molar-refractivity contribution in [1.29, 1.82) is 0 Å². The second-order valence-electron chi connectivity index (χ2n) is 3.78. The molecule has 1 aliphatic rings. The lowest BCUT2D eigenvalue weighted by atomic mass is 10.1. The lowest BCUT2D eigenvalue weighted by Crippen LogP contribution is -1.90. The maximum Gasteiger partial charge on any atom is 0.226 e. The number of hydrogen-bond acceptors (Lipinski definition) is 2. The predicted molar refractivity (Wildman–Crippen MR) is 64.3 cm³/mol. The van der Waals surface area contributed by atoms with Gasteiger partial charge in [-0.25, -0.2) is 4.98 Å². The fraction of sp³-hybridized carbons (Fsp3) is 0.154. The summed E-state index contributed by atoms with van der Waals surface area (Å²) in [5.74, 6) is 1.56. The average Bonchev–Trinajstić information content (AvgIpc) is 2.73. The molecular weight excluding hydrogens is 222 g/mol. The van der Waals surface area contributed by atoms with E-state index in [9.17, 15) is 0 Å². The van der Waals surface area contributed by atoms with Crippen LogP contribution in [0.15, 0.2) is 34.8 Å². The third-order valence-electron chi connectivity index (χ3n) is 2.64. The molecule has 0 unspecified atom stereocenters. The van der Waals surface area contributed by atoms with Crippen LogP contribution in [0.5, 0.6) is 0 Å². The fourth-order valence-electron chi connectivity index (χ4n) is 1.80. The maximum atomic E-state index is 5.84. The zero-order chi connectivity index (χ0) is 11.0. The number of oxazole rings is 1. The second-order valence-corrected chi connectivity index (χ2v) is 4.21. The monoisotopic (exact) mass is 231 g/mol. The van der Waals surface area contributed by atoms with Crippen LogP contribution in [0, 0.1) is 0 Å². The molecule has 0 aliphatic heterocycles. The van der Waals surface area contributed by atoms with Gasteiger partial charge >= 0.3 is 0 Å². The average molecular weight is 232 g/mol. The summed E-state index contributed by atoms with van der Waals surface area (Å²) in [4.78, 5) is 4.49. The molecule has 0 saturated carbocycles. The quantitative estimate of drug-likeness (QED) is 0.743. The van der Waals surface area contributed by atoms with E-state index >= 15 is 0 Å². The predicted octanol–water partition coefficient (Wildman–Crippen LogP) is 3.95. The molecule has 80 valence electrons. The molecular formula is C13H10ClNO. The molecule has 16 heavy (non-hydrogen) atoms. The van der Waals surface area contributed by atoms with Crippen LogP contribution in [0.1, 0.15) is 17.9 Å². The molecule has 1 aromatic carbocycles. The van der Waals surface area contributed by atoms with Crippen LogP contribution in [0.2, 0.25) is 5.02 Å². The van der Waals surface area contributed by atoms with Gasteiger partial charge in [-0.2, -0.15) is 0 Å². The summed E-state index contributed by atoms with van der Waals surface area (Å²) in [7, 11) is 0.